The molecule has 2 aromatic carbocycles. The maximum Gasteiger partial charge on any atom is 0.223 e. The third kappa shape index (κ3) is 6.58. The molecule has 3 nitrogen and oxygen atoms in total. The van der Waals surface area contributed by atoms with E-state index in [1.165, 1.54) is 5.56 Å². The SMILES string of the molecule is O=C(CCCc1ccc(Cl)cc1)[C@@H]1CCC[C@H]1C(=O)NCCc1ccc(Cl)cc1. The monoisotopic (exact) mass is 431 g/mol. The molecule has 1 aliphatic rings. The summed E-state index contributed by atoms with van der Waals surface area (Å²) in [5.41, 5.74) is 2.32. The quantitative estimate of drug-likeness (QED) is 0.556. The summed E-state index contributed by atoms with van der Waals surface area (Å²) in [7, 11) is 0. The van der Waals surface area contributed by atoms with Gasteiger partial charge in [-0.15, -0.1) is 0 Å². The van der Waals surface area contributed by atoms with Crippen LogP contribution < -0.4 is 5.32 Å². The van der Waals surface area contributed by atoms with E-state index in [1.54, 1.807) is 0 Å². The molecule has 1 amide bonds. The number of carbonyl (C=O) groups is 2. The van der Waals surface area contributed by atoms with Crippen LogP contribution in [0.5, 0.6) is 0 Å². The van der Waals surface area contributed by atoms with E-state index in [4.69, 9.17) is 23.2 Å². The lowest BCUT2D eigenvalue weighted by atomic mass is 9.88. The van der Waals surface area contributed by atoms with Crippen LogP contribution in [-0.4, -0.2) is 18.2 Å². The van der Waals surface area contributed by atoms with Crippen molar-refractivity contribution in [2.24, 2.45) is 11.8 Å². The van der Waals surface area contributed by atoms with Gasteiger partial charge in [-0.25, -0.2) is 0 Å². The van der Waals surface area contributed by atoms with Crippen molar-refractivity contribution in [3.05, 3.63) is 69.7 Å². The molecule has 1 N–H and O–H groups in total. The topological polar surface area (TPSA) is 46.2 Å². The fraction of sp³-hybridized carbons (Fsp3) is 0.417. The first-order valence-corrected chi connectivity index (χ1v) is 11.1. The Morgan fingerprint density at radius 1 is 0.828 bits per heavy atom. The highest BCUT2D eigenvalue weighted by atomic mass is 35.5. The highest BCUT2D eigenvalue weighted by Gasteiger charge is 2.36. The van der Waals surface area contributed by atoms with Crippen molar-refractivity contribution in [3.8, 4) is 0 Å². The Morgan fingerprint density at radius 2 is 1.38 bits per heavy atom. The summed E-state index contributed by atoms with van der Waals surface area (Å²) in [5.74, 6) is -0.0548. The van der Waals surface area contributed by atoms with E-state index in [9.17, 15) is 9.59 Å². The minimum atomic E-state index is -0.178. The summed E-state index contributed by atoms with van der Waals surface area (Å²) in [6.07, 6.45) is 5.53. The van der Waals surface area contributed by atoms with Crippen LogP contribution in [0.15, 0.2) is 48.5 Å². The van der Waals surface area contributed by atoms with Gasteiger partial charge in [0.25, 0.3) is 0 Å². The summed E-state index contributed by atoms with van der Waals surface area (Å²) < 4.78 is 0. The van der Waals surface area contributed by atoms with Crippen LogP contribution >= 0.6 is 23.2 Å². The van der Waals surface area contributed by atoms with Crippen molar-refractivity contribution >= 4 is 34.9 Å². The van der Waals surface area contributed by atoms with E-state index in [2.05, 4.69) is 5.32 Å². The molecule has 5 heteroatoms. The zero-order valence-electron chi connectivity index (χ0n) is 16.5. The highest BCUT2D eigenvalue weighted by Crippen LogP contribution is 2.33. The number of carbonyl (C=O) groups excluding carboxylic acids is 2. The molecule has 0 unspecified atom stereocenters. The van der Waals surface area contributed by atoms with Gasteiger partial charge in [0.2, 0.25) is 5.91 Å². The van der Waals surface area contributed by atoms with E-state index >= 15 is 0 Å². The van der Waals surface area contributed by atoms with Gasteiger partial charge in [-0.2, -0.15) is 0 Å². The van der Waals surface area contributed by atoms with Gasteiger partial charge in [0.05, 0.1) is 0 Å². The highest BCUT2D eigenvalue weighted by molar-refractivity contribution is 6.30. The summed E-state index contributed by atoms with van der Waals surface area (Å²) >= 11 is 11.8. The number of Topliss-reactive ketones (excluding diaryl/α,β-unsaturated/α-hetero) is 1. The number of rotatable bonds is 9. The molecule has 29 heavy (non-hydrogen) atoms. The first-order valence-electron chi connectivity index (χ1n) is 10.3. The molecular formula is C24H27Cl2NO2. The molecule has 1 saturated carbocycles. The van der Waals surface area contributed by atoms with Crippen molar-refractivity contribution in [2.75, 3.05) is 6.54 Å². The van der Waals surface area contributed by atoms with Crippen LogP contribution in [0.4, 0.5) is 0 Å². The Labute approximate surface area is 182 Å². The summed E-state index contributed by atoms with van der Waals surface area (Å²) in [5, 5.41) is 4.46. The van der Waals surface area contributed by atoms with Crippen LogP contribution in [0, 0.1) is 11.8 Å². The van der Waals surface area contributed by atoms with Gasteiger partial charge in [0.1, 0.15) is 5.78 Å². The molecular weight excluding hydrogens is 405 g/mol. The Kier molecular flexibility index (Phi) is 8.14. The van der Waals surface area contributed by atoms with Gasteiger partial charge in [0, 0.05) is 34.8 Å². The van der Waals surface area contributed by atoms with Crippen LogP contribution in [0.1, 0.15) is 43.2 Å². The number of hydrogen-bond donors (Lipinski definition) is 1. The van der Waals surface area contributed by atoms with Gasteiger partial charge in [-0.05, 0) is 67.5 Å². The molecule has 2 atom stereocenters. The Bertz CT molecular complexity index is 748. The van der Waals surface area contributed by atoms with E-state index in [-0.39, 0.29) is 23.5 Å². The molecule has 1 fully saturated rings. The fourth-order valence-corrected chi connectivity index (χ4v) is 4.33. The van der Waals surface area contributed by atoms with Crippen LogP contribution in [0.3, 0.4) is 0 Å². The van der Waals surface area contributed by atoms with E-state index in [0.717, 1.165) is 49.1 Å². The zero-order chi connectivity index (χ0) is 20.6. The molecule has 0 bridgehead atoms. The molecule has 0 aromatic heterocycles. The maximum absolute atomic E-state index is 12.7. The zero-order valence-corrected chi connectivity index (χ0v) is 18.0. The van der Waals surface area contributed by atoms with Gasteiger partial charge < -0.3 is 5.32 Å². The molecule has 3 rings (SSSR count). The van der Waals surface area contributed by atoms with Gasteiger partial charge in [-0.3, -0.25) is 9.59 Å². The summed E-state index contributed by atoms with van der Waals surface area (Å²) in [6, 6.07) is 15.4. The second-order valence-electron chi connectivity index (χ2n) is 7.76. The van der Waals surface area contributed by atoms with Gasteiger partial charge in [0.15, 0.2) is 0 Å². The fourth-order valence-electron chi connectivity index (χ4n) is 4.07. The number of nitrogens with one attached hydrogen (secondary N) is 1. The van der Waals surface area contributed by atoms with Crippen LogP contribution in [-0.2, 0) is 22.4 Å². The average Bonchev–Trinajstić information content (AvgIpc) is 3.21. The second-order valence-corrected chi connectivity index (χ2v) is 8.63. The van der Waals surface area contributed by atoms with Crippen molar-refractivity contribution in [1.29, 1.82) is 0 Å². The predicted molar refractivity (Wildman–Crippen MR) is 118 cm³/mol. The average molecular weight is 432 g/mol. The number of amides is 1. The number of benzene rings is 2. The molecule has 0 saturated heterocycles. The maximum atomic E-state index is 12.7. The standard InChI is InChI=1S/C24H27Cl2NO2/c25-19-11-7-17(8-12-19)3-1-6-23(28)21-4-2-5-22(21)24(29)27-16-15-18-9-13-20(26)14-10-18/h7-14,21-22H,1-6,15-16H2,(H,27,29)/t21-,22-/m1/s1. The van der Waals surface area contributed by atoms with E-state index in [1.807, 2.05) is 48.5 Å². The normalized spacial score (nSPS) is 18.6. The Balaban J connectivity index is 1.42. The lowest BCUT2D eigenvalue weighted by molar-refractivity contribution is -0.132. The minimum Gasteiger partial charge on any atom is -0.356 e. The second kappa shape index (κ2) is 10.8. The van der Waals surface area contributed by atoms with E-state index in [0.29, 0.717) is 18.0 Å². The van der Waals surface area contributed by atoms with Crippen LogP contribution in [0.25, 0.3) is 0 Å². The molecule has 0 heterocycles. The first-order chi connectivity index (χ1) is 14.0. The first kappa shape index (κ1) is 21.9. The number of aryl methyl sites for hydroxylation is 1. The molecule has 2 aromatic rings. The Hall–Kier alpha value is -1.84. The number of ketones is 1. The molecule has 0 spiro atoms. The third-order valence-electron chi connectivity index (χ3n) is 5.69. The predicted octanol–water partition coefficient (Wildman–Crippen LogP) is 5.66. The molecule has 0 aliphatic heterocycles. The minimum absolute atomic E-state index is 0.0208. The molecule has 154 valence electrons. The van der Waals surface area contributed by atoms with Crippen molar-refractivity contribution in [3.63, 3.8) is 0 Å². The molecule has 0 radical (unpaired) electrons. The lowest BCUT2D eigenvalue weighted by Gasteiger charge is -2.18. The van der Waals surface area contributed by atoms with Crippen molar-refractivity contribution in [1.82, 2.24) is 5.32 Å². The largest absolute Gasteiger partial charge is 0.356 e. The third-order valence-corrected chi connectivity index (χ3v) is 6.20. The smallest absolute Gasteiger partial charge is 0.223 e. The number of halogens is 2. The summed E-state index contributed by atoms with van der Waals surface area (Å²) in [4.78, 5) is 25.4. The van der Waals surface area contributed by atoms with Crippen molar-refractivity contribution in [2.45, 2.75) is 44.9 Å². The van der Waals surface area contributed by atoms with Crippen LogP contribution in [0.2, 0.25) is 10.0 Å². The lowest BCUT2D eigenvalue weighted by Crippen LogP contribution is -2.36. The van der Waals surface area contributed by atoms with E-state index < -0.39 is 0 Å². The Morgan fingerprint density at radius 3 is 2.00 bits per heavy atom. The van der Waals surface area contributed by atoms with Gasteiger partial charge >= 0.3 is 0 Å². The molecule has 1 aliphatic carbocycles. The van der Waals surface area contributed by atoms with Crippen molar-refractivity contribution < 1.29 is 9.59 Å². The summed E-state index contributed by atoms with van der Waals surface area (Å²) in [6.45, 7) is 0.578. The van der Waals surface area contributed by atoms with Gasteiger partial charge in [-0.1, -0.05) is 53.9 Å². The number of hydrogen-bond acceptors (Lipinski definition) is 2.